The molecule has 12 heteroatoms. The lowest BCUT2D eigenvalue weighted by Crippen LogP contribution is -2.16. The van der Waals surface area contributed by atoms with Crippen molar-refractivity contribution in [1.82, 2.24) is 0 Å². The van der Waals surface area contributed by atoms with Crippen LogP contribution in [0.3, 0.4) is 0 Å². The Kier molecular flexibility index (Phi) is 6.79. The molecule has 208 valence electrons. The highest BCUT2D eigenvalue weighted by Gasteiger charge is 2.35. The van der Waals surface area contributed by atoms with E-state index in [2.05, 4.69) is 4.72 Å². The van der Waals surface area contributed by atoms with Crippen molar-refractivity contribution in [3.63, 3.8) is 0 Å². The van der Waals surface area contributed by atoms with Gasteiger partial charge in [0.1, 0.15) is 11.5 Å². The van der Waals surface area contributed by atoms with E-state index in [-0.39, 0.29) is 23.3 Å². The number of anilines is 1. The molecule has 41 heavy (non-hydrogen) atoms. The Morgan fingerprint density at radius 3 is 2.20 bits per heavy atom. The molecule has 0 amide bonds. The number of nitro groups is 1. The Morgan fingerprint density at radius 2 is 1.49 bits per heavy atom. The molecular weight excluding hydrogens is 561 g/mol. The standard InChI is InChI=1S/C29H19F3N2O6S/c30-29(31,32)21-9-12-27(25(16-21)34(37)38)41(39,40)33-22-5-1-4-20(14-22)28-24-10-7-18(13-19(24)8-11-26(28)36)17-3-2-6-23(35)15-17/h1-16,33,35-36H. The molecule has 0 aliphatic carbocycles. The molecule has 8 nitrogen and oxygen atoms in total. The van der Waals surface area contributed by atoms with Gasteiger partial charge in [-0.3, -0.25) is 14.8 Å². The maximum Gasteiger partial charge on any atom is 0.416 e. The minimum atomic E-state index is -4.90. The summed E-state index contributed by atoms with van der Waals surface area (Å²) < 4.78 is 67.5. The van der Waals surface area contributed by atoms with E-state index in [0.29, 0.717) is 28.6 Å². The lowest BCUT2D eigenvalue weighted by molar-refractivity contribution is -0.388. The minimum absolute atomic E-state index is 0.0375. The van der Waals surface area contributed by atoms with Crippen LogP contribution in [0, 0.1) is 10.1 Å². The second kappa shape index (κ2) is 10.1. The number of sulfonamides is 1. The van der Waals surface area contributed by atoms with Crippen molar-refractivity contribution >= 4 is 32.2 Å². The maximum absolute atomic E-state index is 13.1. The third kappa shape index (κ3) is 5.50. The topological polar surface area (TPSA) is 130 Å². The van der Waals surface area contributed by atoms with Crippen molar-refractivity contribution in [1.29, 1.82) is 0 Å². The molecular formula is C29H19F3N2O6S. The van der Waals surface area contributed by atoms with Crippen molar-refractivity contribution in [3.8, 4) is 33.8 Å². The first-order valence-corrected chi connectivity index (χ1v) is 13.4. The molecule has 0 aliphatic heterocycles. The number of hydrogen-bond donors (Lipinski definition) is 3. The summed E-state index contributed by atoms with van der Waals surface area (Å²) in [5.74, 6) is 0.0101. The molecule has 0 heterocycles. The fraction of sp³-hybridized carbons (Fsp3) is 0.0345. The van der Waals surface area contributed by atoms with Gasteiger partial charge in [0.15, 0.2) is 4.90 Å². The maximum atomic E-state index is 13.1. The number of aromatic hydroxyl groups is 2. The number of benzene rings is 5. The molecule has 0 radical (unpaired) electrons. The van der Waals surface area contributed by atoms with Crippen LogP contribution in [0.5, 0.6) is 11.5 Å². The van der Waals surface area contributed by atoms with Crippen LogP contribution in [0.2, 0.25) is 0 Å². The van der Waals surface area contributed by atoms with Crippen LogP contribution in [0.15, 0.2) is 102 Å². The highest BCUT2D eigenvalue weighted by atomic mass is 32.2. The molecule has 5 rings (SSSR count). The molecule has 0 spiro atoms. The third-order valence-electron chi connectivity index (χ3n) is 6.35. The summed E-state index contributed by atoms with van der Waals surface area (Å²) in [6, 6.07) is 22.4. The highest BCUT2D eigenvalue weighted by Crippen LogP contribution is 2.40. The number of phenolic OH excluding ortho intramolecular Hbond substituents is 2. The Labute approximate surface area is 231 Å². The summed E-state index contributed by atoms with van der Waals surface area (Å²) in [4.78, 5) is 9.31. The van der Waals surface area contributed by atoms with E-state index in [4.69, 9.17) is 0 Å². The number of rotatable bonds is 6. The lowest BCUT2D eigenvalue weighted by Gasteiger charge is -2.14. The Bertz CT molecular complexity index is 1940. The van der Waals surface area contributed by atoms with E-state index in [9.17, 15) is 41.9 Å². The van der Waals surface area contributed by atoms with Crippen LogP contribution in [-0.4, -0.2) is 23.6 Å². The molecule has 5 aromatic rings. The van der Waals surface area contributed by atoms with Crippen LogP contribution in [-0.2, 0) is 16.2 Å². The van der Waals surface area contributed by atoms with Crippen molar-refractivity contribution < 1.29 is 36.7 Å². The molecule has 0 unspecified atom stereocenters. The molecule has 0 fully saturated rings. The van der Waals surface area contributed by atoms with E-state index < -0.39 is 37.3 Å². The second-order valence-corrected chi connectivity index (χ2v) is 10.7. The fourth-order valence-electron chi connectivity index (χ4n) is 4.50. The predicted octanol–water partition coefficient (Wildman–Crippen LogP) is 7.31. The van der Waals surface area contributed by atoms with Gasteiger partial charge >= 0.3 is 6.18 Å². The van der Waals surface area contributed by atoms with Crippen LogP contribution in [0.1, 0.15) is 5.56 Å². The Hall–Kier alpha value is -5.10. The number of alkyl halides is 3. The average Bonchev–Trinajstić information content (AvgIpc) is 2.91. The van der Waals surface area contributed by atoms with Gasteiger partial charge in [0.2, 0.25) is 0 Å². The predicted molar refractivity (Wildman–Crippen MR) is 147 cm³/mol. The molecule has 3 N–H and O–H groups in total. The third-order valence-corrected chi connectivity index (χ3v) is 7.78. The molecule has 0 saturated heterocycles. The van der Waals surface area contributed by atoms with Crippen LogP contribution in [0.25, 0.3) is 33.0 Å². The van der Waals surface area contributed by atoms with Crippen LogP contribution >= 0.6 is 0 Å². The SMILES string of the molecule is O=[N+]([O-])c1cc(C(F)(F)F)ccc1S(=O)(=O)Nc1cccc(-c2c(O)ccc3cc(-c4cccc(O)c4)ccc23)c1. The quantitative estimate of drug-likeness (QED) is 0.143. The molecule has 0 aliphatic rings. The number of phenols is 2. The monoisotopic (exact) mass is 580 g/mol. The number of nitro benzene ring substituents is 1. The van der Waals surface area contributed by atoms with Gasteiger partial charge in [0.05, 0.1) is 10.5 Å². The first-order valence-electron chi connectivity index (χ1n) is 11.9. The summed E-state index contributed by atoms with van der Waals surface area (Å²) in [5.41, 5.74) is -0.252. The van der Waals surface area contributed by atoms with Gasteiger partial charge < -0.3 is 10.2 Å². The first-order chi connectivity index (χ1) is 19.3. The molecule has 0 aromatic heterocycles. The zero-order valence-corrected chi connectivity index (χ0v) is 21.6. The normalized spacial score (nSPS) is 11.9. The van der Waals surface area contributed by atoms with E-state index >= 15 is 0 Å². The number of halogens is 3. The summed E-state index contributed by atoms with van der Waals surface area (Å²) in [5, 5.41) is 33.4. The number of nitrogens with zero attached hydrogens (tertiary/aromatic N) is 1. The zero-order chi connectivity index (χ0) is 29.5. The second-order valence-electron chi connectivity index (χ2n) is 9.07. The van der Waals surface area contributed by atoms with Gasteiger partial charge in [-0.2, -0.15) is 13.2 Å². The van der Waals surface area contributed by atoms with Gasteiger partial charge in [0, 0.05) is 17.3 Å². The van der Waals surface area contributed by atoms with Gasteiger partial charge in [-0.15, -0.1) is 0 Å². The van der Waals surface area contributed by atoms with Gasteiger partial charge in [-0.25, -0.2) is 8.42 Å². The summed E-state index contributed by atoms with van der Waals surface area (Å²) in [7, 11) is -4.68. The summed E-state index contributed by atoms with van der Waals surface area (Å²) in [6.45, 7) is 0. The molecule has 0 saturated carbocycles. The largest absolute Gasteiger partial charge is 0.508 e. The van der Waals surface area contributed by atoms with Crippen molar-refractivity contribution in [2.75, 3.05) is 4.72 Å². The van der Waals surface area contributed by atoms with Crippen molar-refractivity contribution in [3.05, 3.63) is 113 Å². The minimum Gasteiger partial charge on any atom is -0.508 e. The summed E-state index contributed by atoms with van der Waals surface area (Å²) in [6.07, 6.45) is -4.90. The van der Waals surface area contributed by atoms with Crippen molar-refractivity contribution in [2.24, 2.45) is 0 Å². The smallest absolute Gasteiger partial charge is 0.416 e. The summed E-state index contributed by atoms with van der Waals surface area (Å²) >= 11 is 0. The average molecular weight is 581 g/mol. The van der Waals surface area contributed by atoms with E-state index in [0.717, 1.165) is 16.5 Å². The number of hydrogen-bond acceptors (Lipinski definition) is 6. The fourth-order valence-corrected chi connectivity index (χ4v) is 5.70. The molecule has 5 aromatic carbocycles. The Morgan fingerprint density at radius 1 is 0.780 bits per heavy atom. The number of nitrogens with one attached hydrogen (secondary N) is 1. The van der Waals surface area contributed by atoms with E-state index in [1.807, 2.05) is 12.1 Å². The highest BCUT2D eigenvalue weighted by molar-refractivity contribution is 7.92. The van der Waals surface area contributed by atoms with E-state index in [1.165, 1.54) is 24.3 Å². The van der Waals surface area contributed by atoms with Crippen molar-refractivity contribution in [2.45, 2.75) is 11.1 Å². The van der Waals surface area contributed by atoms with Crippen LogP contribution < -0.4 is 4.72 Å². The number of fused-ring (bicyclic) bond motifs is 1. The van der Waals surface area contributed by atoms with E-state index in [1.54, 1.807) is 42.5 Å². The van der Waals surface area contributed by atoms with Gasteiger partial charge in [0.25, 0.3) is 15.7 Å². The Balaban J connectivity index is 1.54. The zero-order valence-electron chi connectivity index (χ0n) is 20.8. The first kappa shape index (κ1) is 27.5. The van der Waals surface area contributed by atoms with Crippen LogP contribution in [0.4, 0.5) is 24.5 Å². The van der Waals surface area contributed by atoms with Gasteiger partial charge in [-0.1, -0.05) is 42.5 Å². The molecule has 0 bridgehead atoms. The van der Waals surface area contributed by atoms with Gasteiger partial charge in [-0.05, 0) is 76.0 Å². The molecule has 0 atom stereocenters. The lowest BCUT2D eigenvalue weighted by atomic mass is 9.94.